The number of amides is 2. The Hall–Kier alpha value is -2.81. The lowest BCUT2D eigenvalue weighted by Crippen LogP contribution is -2.68. The van der Waals surface area contributed by atoms with Gasteiger partial charge in [0.2, 0.25) is 0 Å². The molecule has 32 heavy (non-hydrogen) atoms. The summed E-state index contributed by atoms with van der Waals surface area (Å²) in [6, 6.07) is 18.4. The van der Waals surface area contributed by atoms with Gasteiger partial charge in [-0.05, 0) is 62.1 Å². The van der Waals surface area contributed by atoms with Crippen molar-refractivity contribution in [3.63, 3.8) is 0 Å². The number of hydrogen-bond donors (Lipinski definition) is 2. The molecule has 3 fully saturated rings. The molecule has 0 bridgehead atoms. The maximum absolute atomic E-state index is 13.0. The van der Waals surface area contributed by atoms with Gasteiger partial charge in [0, 0.05) is 48.3 Å². The summed E-state index contributed by atoms with van der Waals surface area (Å²) >= 11 is 0. The Morgan fingerprint density at radius 2 is 1.78 bits per heavy atom. The fourth-order valence-electron chi connectivity index (χ4n) is 5.05. The first-order valence-corrected chi connectivity index (χ1v) is 11.8. The minimum atomic E-state index is -0.0463. The topological polar surface area (TPSA) is 55.8 Å². The van der Waals surface area contributed by atoms with Gasteiger partial charge in [0.15, 0.2) is 0 Å². The molecule has 5 nitrogen and oxygen atoms in total. The molecule has 5 heteroatoms. The molecule has 0 aromatic heterocycles. The summed E-state index contributed by atoms with van der Waals surface area (Å²) < 4.78 is 0. The molecule has 2 saturated heterocycles. The minimum absolute atomic E-state index is 0.0463. The summed E-state index contributed by atoms with van der Waals surface area (Å²) in [6.45, 7) is 2.55. The summed E-state index contributed by atoms with van der Waals surface area (Å²) in [5.41, 5.74) is 3.10. The van der Waals surface area contributed by atoms with Crippen LogP contribution in [-0.2, 0) is 0 Å². The molecule has 5 rings (SSSR count). The van der Waals surface area contributed by atoms with Gasteiger partial charge in [-0.1, -0.05) is 42.2 Å². The summed E-state index contributed by atoms with van der Waals surface area (Å²) in [7, 11) is 0. The third-order valence-corrected chi connectivity index (χ3v) is 6.98. The van der Waals surface area contributed by atoms with E-state index >= 15 is 0 Å². The van der Waals surface area contributed by atoms with Gasteiger partial charge in [-0.15, -0.1) is 0 Å². The lowest BCUT2D eigenvalue weighted by atomic mass is 9.74. The van der Waals surface area contributed by atoms with Crippen LogP contribution in [0, 0.1) is 17.8 Å². The van der Waals surface area contributed by atoms with Crippen LogP contribution >= 0.6 is 0 Å². The zero-order chi connectivity index (χ0) is 21.9. The number of fused-ring (bicyclic) bond motifs is 1. The number of nitrogens with zero attached hydrogens (tertiary/aromatic N) is 2. The summed E-state index contributed by atoms with van der Waals surface area (Å²) in [6.07, 6.45) is 4.47. The first-order valence-electron chi connectivity index (χ1n) is 11.8. The molecule has 1 saturated carbocycles. The van der Waals surface area contributed by atoms with Gasteiger partial charge in [-0.3, -0.25) is 4.90 Å². The van der Waals surface area contributed by atoms with E-state index in [1.165, 1.54) is 18.4 Å². The fourth-order valence-corrected chi connectivity index (χ4v) is 5.05. The summed E-state index contributed by atoms with van der Waals surface area (Å²) in [5.74, 6) is 7.41. The van der Waals surface area contributed by atoms with Crippen molar-refractivity contribution in [3.05, 3.63) is 65.7 Å². The maximum Gasteiger partial charge on any atom is 0.321 e. The second kappa shape index (κ2) is 9.36. The van der Waals surface area contributed by atoms with Gasteiger partial charge in [-0.25, -0.2) is 4.79 Å². The van der Waals surface area contributed by atoms with Crippen LogP contribution in [0.2, 0.25) is 0 Å². The molecule has 0 radical (unpaired) electrons. The Kier molecular flexibility index (Phi) is 6.16. The average molecular weight is 430 g/mol. The predicted molar refractivity (Wildman–Crippen MR) is 126 cm³/mol. The van der Waals surface area contributed by atoms with Crippen molar-refractivity contribution < 1.29 is 9.90 Å². The van der Waals surface area contributed by atoms with Crippen LogP contribution in [0.3, 0.4) is 0 Å². The number of urea groups is 1. The van der Waals surface area contributed by atoms with Gasteiger partial charge >= 0.3 is 6.03 Å². The van der Waals surface area contributed by atoms with Crippen LogP contribution in [0.1, 0.15) is 42.7 Å². The smallest absolute Gasteiger partial charge is 0.321 e. The maximum atomic E-state index is 13.0. The monoisotopic (exact) mass is 429 g/mol. The van der Waals surface area contributed by atoms with E-state index in [2.05, 4.69) is 46.3 Å². The normalized spacial score (nSPS) is 25.4. The van der Waals surface area contributed by atoms with E-state index in [9.17, 15) is 9.90 Å². The highest BCUT2D eigenvalue weighted by atomic mass is 16.3. The molecule has 2 amide bonds. The molecule has 166 valence electrons. The van der Waals surface area contributed by atoms with Gasteiger partial charge in [0.1, 0.15) is 0 Å². The Bertz CT molecular complexity index is 991. The summed E-state index contributed by atoms with van der Waals surface area (Å²) in [5, 5.41) is 13.2. The molecule has 2 N–H and O–H groups in total. The molecule has 2 aliphatic heterocycles. The molecule has 0 spiro atoms. The fraction of sp³-hybridized carbons (Fsp3) is 0.444. The Labute approximate surface area is 190 Å². The van der Waals surface area contributed by atoms with Crippen LogP contribution in [0.4, 0.5) is 10.5 Å². The van der Waals surface area contributed by atoms with Gasteiger partial charge in [0.25, 0.3) is 0 Å². The number of hydrogen-bond acceptors (Lipinski definition) is 3. The second-order valence-electron chi connectivity index (χ2n) is 9.20. The first-order chi connectivity index (χ1) is 15.7. The van der Waals surface area contributed by atoms with Gasteiger partial charge < -0.3 is 15.3 Å². The number of para-hydroxylation sites is 1. The highest BCUT2D eigenvalue weighted by molar-refractivity contribution is 5.89. The zero-order valence-electron chi connectivity index (χ0n) is 18.4. The van der Waals surface area contributed by atoms with Crippen LogP contribution in [0.25, 0.3) is 0 Å². The molecule has 3 aliphatic rings. The quantitative estimate of drug-likeness (QED) is 0.728. The van der Waals surface area contributed by atoms with E-state index in [4.69, 9.17) is 0 Å². The van der Waals surface area contributed by atoms with Crippen molar-refractivity contribution in [1.82, 2.24) is 9.80 Å². The van der Waals surface area contributed by atoms with Crippen molar-refractivity contribution in [2.75, 3.05) is 31.6 Å². The number of carbonyl (C=O) groups excluding carboxylic acids is 1. The third-order valence-electron chi connectivity index (χ3n) is 6.98. The van der Waals surface area contributed by atoms with Crippen LogP contribution in [0.15, 0.2) is 54.6 Å². The summed E-state index contributed by atoms with van der Waals surface area (Å²) in [4.78, 5) is 17.4. The number of aliphatic hydroxyl groups is 1. The van der Waals surface area contributed by atoms with Crippen LogP contribution < -0.4 is 5.32 Å². The molecule has 1 aliphatic carbocycles. The van der Waals surface area contributed by atoms with Crippen molar-refractivity contribution in [2.24, 2.45) is 5.92 Å². The molecular formula is C27H31N3O2. The first kappa shape index (κ1) is 21.1. The largest absolute Gasteiger partial charge is 0.395 e. The molecule has 0 unspecified atom stereocenters. The van der Waals surface area contributed by atoms with E-state index in [1.54, 1.807) is 0 Å². The lowest BCUT2D eigenvalue weighted by Gasteiger charge is -2.57. The van der Waals surface area contributed by atoms with Gasteiger partial charge in [0.05, 0.1) is 6.61 Å². The number of carbonyl (C=O) groups is 1. The SMILES string of the molecule is O=C(Nc1ccccc1)N1CCCCN2[C@H](CO)[C@H](c3ccc(C#CC4CC4)cc3)[C@H]2C1. The van der Waals surface area contributed by atoms with Crippen molar-refractivity contribution >= 4 is 11.7 Å². The number of rotatable bonds is 3. The minimum Gasteiger partial charge on any atom is -0.395 e. The molecule has 3 atom stereocenters. The van der Waals surface area contributed by atoms with Crippen molar-refractivity contribution in [3.8, 4) is 11.8 Å². The van der Waals surface area contributed by atoms with E-state index in [0.29, 0.717) is 12.5 Å². The van der Waals surface area contributed by atoms with E-state index in [-0.39, 0.29) is 30.6 Å². The molecule has 2 aromatic rings. The highest BCUT2D eigenvalue weighted by Crippen LogP contribution is 2.42. The molecule has 2 aromatic carbocycles. The Morgan fingerprint density at radius 3 is 2.50 bits per heavy atom. The number of benzene rings is 2. The third kappa shape index (κ3) is 4.53. The standard InChI is InChI=1S/C27H31N3O2/c31-19-25-26(22-14-12-21(13-15-22)11-10-20-8-9-20)24-18-29(16-4-5-17-30(24)25)27(32)28-23-6-2-1-3-7-23/h1-3,6-7,12-15,20,24-26,31H,4-5,8-9,16-19H2,(H,28,32)/t24-,25-,26-/m1/s1. The molecular weight excluding hydrogens is 398 g/mol. The zero-order valence-corrected chi connectivity index (χ0v) is 18.4. The van der Waals surface area contributed by atoms with Crippen molar-refractivity contribution in [2.45, 2.75) is 43.7 Å². The van der Waals surface area contributed by atoms with Crippen LogP contribution in [0.5, 0.6) is 0 Å². The number of anilines is 1. The number of nitrogens with one attached hydrogen (secondary N) is 1. The lowest BCUT2D eigenvalue weighted by molar-refractivity contribution is -0.0585. The molecule has 2 heterocycles. The highest BCUT2D eigenvalue weighted by Gasteiger charge is 2.49. The van der Waals surface area contributed by atoms with E-state index in [0.717, 1.165) is 37.2 Å². The number of aliphatic hydroxyl groups excluding tert-OH is 1. The van der Waals surface area contributed by atoms with E-state index < -0.39 is 0 Å². The second-order valence-corrected chi connectivity index (χ2v) is 9.20. The predicted octanol–water partition coefficient (Wildman–Crippen LogP) is 3.90. The average Bonchev–Trinajstić information content (AvgIpc) is 3.63. The Balaban J connectivity index is 1.32. The van der Waals surface area contributed by atoms with E-state index in [1.807, 2.05) is 35.2 Å². The van der Waals surface area contributed by atoms with Gasteiger partial charge in [-0.2, -0.15) is 0 Å². The van der Waals surface area contributed by atoms with Crippen LogP contribution in [-0.4, -0.2) is 59.3 Å². The Morgan fingerprint density at radius 1 is 1.03 bits per heavy atom. The van der Waals surface area contributed by atoms with Crippen molar-refractivity contribution in [1.29, 1.82) is 0 Å².